The van der Waals surface area contributed by atoms with Gasteiger partial charge in [-0.2, -0.15) is 5.10 Å². The van der Waals surface area contributed by atoms with Gasteiger partial charge in [-0.25, -0.2) is 4.68 Å². The number of nitrogens with zero attached hydrogens (tertiary/aromatic N) is 5. The lowest BCUT2D eigenvalue weighted by atomic mass is 10.2. The van der Waals surface area contributed by atoms with Crippen molar-refractivity contribution in [2.45, 2.75) is 26.4 Å². The summed E-state index contributed by atoms with van der Waals surface area (Å²) in [6.45, 7) is 6.21. The number of aryl methyl sites for hydroxylation is 1. The van der Waals surface area contributed by atoms with Crippen molar-refractivity contribution in [1.82, 2.24) is 24.6 Å². The molecule has 0 aromatic carbocycles. The molecule has 7 heteroatoms. The van der Waals surface area contributed by atoms with Gasteiger partial charge in [0.2, 0.25) is 0 Å². The summed E-state index contributed by atoms with van der Waals surface area (Å²) in [4.78, 5) is 32.8. The number of hydrogen-bond donors (Lipinski definition) is 0. The molecule has 1 aliphatic rings. The molecule has 0 radical (unpaired) electrons. The Labute approximate surface area is 146 Å². The molecule has 25 heavy (non-hydrogen) atoms. The molecule has 0 saturated carbocycles. The van der Waals surface area contributed by atoms with Crippen molar-refractivity contribution in [3.63, 3.8) is 0 Å². The lowest BCUT2D eigenvalue weighted by Crippen LogP contribution is -2.48. The van der Waals surface area contributed by atoms with Crippen LogP contribution in [0.15, 0.2) is 41.3 Å². The molecule has 2 aromatic rings. The number of rotatable bonds is 5. The highest BCUT2D eigenvalue weighted by molar-refractivity contribution is 5.92. The van der Waals surface area contributed by atoms with E-state index in [2.05, 4.69) is 15.0 Å². The van der Waals surface area contributed by atoms with Crippen molar-refractivity contribution in [3.8, 4) is 0 Å². The molecule has 0 N–H and O–H groups in total. The maximum Gasteiger partial charge on any atom is 0.274 e. The first-order valence-corrected chi connectivity index (χ1v) is 8.67. The first-order chi connectivity index (χ1) is 12.2. The number of carbonyl (C=O) groups is 1. The first kappa shape index (κ1) is 17.3. The molecule has 132 valence electrons. The fourth-order valence-electron chi connectivity index (χ4n) is 2.93. The van der Waals surface area contributed by atoms with E-state index in [4.69, 9.17) is 0 Å². The lowest BCUT2D eigenvalue weighted by molar-refractivity contribution is 0.0618. The highest BCUT2D eigenvalue weighted by Crippen LogP contribution is 2.09. The third-order valence-corrected chi connectivity index (χ3v) is 4.29. The third kappa shape index (κ3) is 4.30. The highest BCUT2D eigenvalue weighted by atomic mass is 16.2. The summed E-state index contributed by atoms with van der Waals surface area (Å²) in [5, 5.41) is 4.21. The van der Waals surface area contributed by atoms with Crippen molar-refractivity contribution >= 4 is 5.91 Å². The number of carbonyl (C=O) groups excluding carboxylic acids is 1. The smallest absolute Gasteiger partial charge is 0.274 e. The van der Waals surface area contributed by atoms with E-state index in [0.29, 0.717) is 25.3 Å². The van der Waals surface area contributed by atoms with Gasteiger partial charge < -0.3 is 4.90 Å². The summed E-state index contributed by atoms with van der Waals surface area (Å²) in [7, 11) is 0. The summed E-state index contributed by atoms with van der Waals surface area (Å²) >= 11 is 0. The van der Waals surface area contributed by atoms with Crippen molar-refractivity contribution in [1.29, 1.82) is 0 Å². The van der Waals surface area contributed by atoms with Gasteiger partial charge in [-0.3, -0.25) is 19.5 Å². The summed E-state index contributed by atoms with van der Waals surface area (Å²) < 4.78 is 1.37. The maximum atomic E-state index is 12.6. The second-order valence-corrected chi connectivity index (χ2v) is 6.17. The summed E-state index contributed by atoms with van der Waals surface area (Å²) in [5.41, 5.74) is 1.21. The highest BCUT2D eigenvalue weighted by Gasteiger charge is 2.23. The van der Waals surface area contributed by atoms with Crippen molar-refractivity contribution in [2.75, 3.05) is 26.2 Å². The zero-order chi connectivity index (χ0) is 17.6. The standard InChI is InChI=1S/C18H23N5O2/c1-2-9-23-17(24)7-6-16(20-23)18(25)22-12-10-21(11-13-22)14-15-5-3-4-8-19-15/h3-8H,2,9-14H2,1H3. The fourth-order valence-corrected chi connectivity index (χ4v) is 2.93. The van der Waals surface area contributed by atoms with E-state index in [1.807, 2.05) is 25.1 Å². The Balaban J connectivity index is 1.60. The molecule has 3 rings (SSSR count). The Morgan fingerprint density at radius 1 is 1.12 bits per heavy atom. The van der Waals surface area contributed by atoms with Crippen molar-refractivity contribution in [3.05, 3.63) is 58.3 Å². The van der Waals surface area contributed by atoms with Crippen LogP contribution in [0.25, 0.3) is 0 Å². The number of aromatic nitrogens is 3. The first-order valence-electron chi connectivity index (χ1n) is 8.67. The molecular weight excluding hydrogens is 318 g/mol. The van der Waals surface area contributed by atoms with E-state index in [-0.39, 0.29) is 11.5 Å². The SMILES string of the molecule is CCCn1nc(C(=O)N2CCN(Cc3ccccn3)CC2)ccc1=O. The maximum absolute atomic E-state index is 12.6. The van der Waals surface area contributed by atoms with Crippen LogP contribution in [0, 0.1) is 0 Å². The topological polar surface area (TPSA) is 71.3 Å². The molecule has 1 saturated heterocycles. The van der Waals surface area contributed by atoms with E-state index in [1.165, 1.54) is 16.8 Å². The third-order valence-electron chi connectivity index (χ3n) is 4.29. The van der Waals surface area contributed by atoms with E-state index in [9.17, 15) is 9.59 Å². The summed E-state index contributed by atoms with van der Waals surface area (Å²) in [6, 6.07) is 8.85. The average Bonchev–Trinajstić information content (AvgIpc) is 2.65. The molecule has 1 amide bonds. The molecule has 2 aromatic heterocycles. The van der Waals surface area contributed by atoms with Gasteiger partial charge >= 0.3 is 0 Å². The summed E-state index contributed by atoms with van der Waals surface area (Å²) in [5.74, 6) is -0.109. The van der Waals surface area contributed by atoms with E-state index in [0.717, 1.165) is 31.7 Å². The predicted octanol–water partition coefficient (Wildman–Crippen LogP) is 1.01. The molecule has 0 bridgehead atoms. The van der Waals surface area contributed by atoms with Crippen molar-refractivity contribution < 1.29 is 4.79 Å². The minimum atomic E-state index is -0.168. The molecule has 1 fully saturated rings. The van der Waals surface area contributed by atoms with Gasteiger partial charge in [-0.05, 0) is 24.6 Å². The minimum absolute atomic E-state index is 0.109. The monoisotopic (exact) mass is 341 g/mol. The predicted molar refractivity (Wildman–Crippen MR) is 94.2 cm³/mol. The molecule has 7 nitrogen and oxygen atoms in total. The number of amides is 1. The molecule has 3 heterocycles. The molecule has 1 aliphatic heterocycles. The molecular formula is C18H23N5O2. The Bertz CT molecular complexity index is 767. The number of piperazine rings is 1. The van der Waals surface area contributed by atoms with Crippen LogP contribution in [0.3, 0.4) is 0 Å². The van der Waals surface area contributed by atoms with Gasteiger partial charge in [0, 0.05) is 51.5 Å². The second-order valence-electron chi connectivity index (χ2n) is 6.17. The van der Waals surface area contributed by atoms with Gasteiger partial charge in [0.15, 0.2) is 0 Å². The van der Waals surface area contributed by atoms with Crippen LogP contribution in [0.2, 0.25) is 0 Å². The van der Waals surface area contributed by atoms with Gasteiger partial charge in [0.1, 0.15) is 5.69 Å². The largest absolute Gasteiger partial charge is 0.335 e. The zero-order valence-electron chi connectivity index (χ0n) is 14.5. The number of pyridine rings is 1. The van der Waals surface area contributed by atoms with Crippen LogP contribution < -0.4 is 5.56 Å². The van der Waals surface area contributed by atoms with E-state index >= 15 is 0 Å². The van der Waals surface area contributed by atoms with Crippen LogP contribution in [0.1, 0.15) is 29.5 Å². The van der Waals surface area contributed by atoms with Crippen molar-refractivity contribution in [2.24, 2.45) is 0 Å². The Morgan fingerprint density at radius 3 is 2.60 bits per heavy atom. The van der Waals surface area contributed by atoms with Crippen LogP contribution >= 0.6 is 0 Å². The van der Waals surface area contributed by atoms with Crippen LogP contribution in [0.5, 0.6) is 0 Å². The van der Waals surface area contributed by atoms with Crippen LogP contribution in [-0.2, 0) is 13.1 Å². The molecule has 0 aliphatic carbocycles. The number of hydrogen-bond acceptors (Lipinski definition) is 5. The van der Waals surface area contributed by atoms with Gasteiger partial charge in [0.25, 0.3) is 11.5 Å². The Hall–Kier alpha value is -2.54. The Morgan fingerprint density at radius 2 is 1.92 bits per heavy atom. The lowest BCUT2D eigenvalue weighted by Gasteiger charge is -2.34. The quantitative estimate of drug-likeness (QED) is 0.812. The molecule has 0 spiro atoms. The fraction of sp³-hybridized carbons (Fsp3) is 0.444. The van der Waals surface area contributed by atoms with Gasteiger partial charge in [0.05, 0.1) is 5.69 Å². The normalized spacial score (nSPS) is 15.3. The van der Waals surface area contributed by atoms with Crippen LogP contribution in [-0.4, -0.2) is 56.7 Å². The summed E-state index contributed by atoms with van der Waals surface area (Å²) in [6.07, 6.45) is 2.60. The molecule has 0 atom stereocenters. The zero-order valence-corrected chi connectivity index (χ0v) is 14.5. The minimum Gasteiger partial charge on any atom is -0.335 e. The van der Waals surface area contributed by atoms with E-state index < -0.39 is 0 Å². The average molecular weight is 341 g/mol. The van der Waals surface area contributed by atoms with Gasteiger partial charge in [-0.15, -0.1) is 0 Å². The van der Waals surface area contributed by atoms with Crippen LogP contribution in [0.4, 0.5) is 0 Å². The Kier molecular flexibility index (Phi) is 5.55. The second kappa shape index (κ2) is 8.02. The van der Waals surface area contributed by atoms with E-state index in [1.54, 1.807) is 11.1 Å². The van der Waals surface area contributed by atoms with Gasteiger partial charge in [-0.1, -0.05) is 13.0 Å². The molecule has 0 unspecified atom stereocenters.